The molecule has 0 aromatic rings. The molecule has 0 spiro atoms. The SMILES string of the molecule is CCCOCC1CC(CCC)CCC1CNCC. The van der Waals surface area contributed by atoms with Crippen LogP contribution in [-0.4, -0.2) is 26.3 Å². The Morgan fingerprint density at radius 1 is 1.06 bits per heavy atom. The lowest BCUT2D eigenvalue weighted by atomic mass is 9.73. The maximum absolute atomic E-state index is 5.83. The third-order valence-corrected chi connectivity index (χ3v) is 4.28. The summed E-state index contributed by atoms with van der Waals surface area (Å²) < 4.78 is 5.83. The highest BCUT2D eigenvalue weighted by molar-refractivity contribution is 4.81. The topological polar surface area (TPSA) is 21.3 Å². The molecule has 0 aliphatic heterocycles. The van der Waals surface area contributed by atoms with Gasteiger partial charge >= 0.3 is 0 Å². The van der Waals surface area contributed by atoms with Crippen molar-refractivity contribution >= 4 is 0 Å². The summed E-state index contributed by atoms with van der Waals surface area (Å²) in [7, 11) is 0. The van der Waals surface area contributed by atoms with Crippen LogP contribution in [0.25, 0.3) is 0 Å². The summed E-state index contributed by atoms with van der Waals surface area (Å²) in [5.74, 6) is 2.60. The van der Waals surface area contributed by atoms with Crippen LogP contribution < -0.4 is 5.32 Å². The molecule has 0 aromatic heterocycles. The van der Waals surface area contributed by atoms with Crippen molar-refractivity contribution in [3.8, 4) is 0 Å². The van der Waals surface area contributed by atoms with Crippen molar-refractivity contribution in [3.05, 3.63) is 0 Å². The first-order valence-corrected chi connectivity index (χ1v) is 8.10. The van der Waals surface area contributed by atoms with Crippen molar-refractivity contribution in [2.24, 2.45) is 17.8 Å². The Balaban J connectivity index is 2.38. The first-order chi connectivity index (χ1) is 8.81. The molecule has 3 atom stereocenters. The Hall–Kier alpha value is -0.0800. The Morgan fingerprint density at radius 2 is 1.89 bits per heavy atom. The quantitative estimate of drug-likeness (QED) is 0.632. The van der Waals surface area contributed by atoms with Crippen LogP contribution in [0.5, 0.6) is 0 Å². The van der Waals surface area contributed by atoms with Crippen molar-refractivity contribution in [2.45, 2.75) is 59.3 Å². The molecular formula is C16H33NO. The van der Waals surface area contributed by atoms with Gasteiger partial charge in [0, 0.05) is 13.2 Å². The zero-order valence-corrected chi connectivity index (χ0v) is 12.7. The van der Waals surface area contributed by atoms with Crippen molar-refractivity contribution in [3.63, 3.8) is 0 Å². The van der Waals surface area contributed by atoms with Crippen molar-refractivity contribution in [1.82, 2.24) is 5.32 Å². The summed E-state index contributed by atoms with van der Waals surface area (Å²) in [6.07, 6.45) is 8.13. The number of hydrogen-bond acceptors (Lipinski definition) is 2. The Kier molecular flexibility index (Phi) is 8.70. The second-order valence-electron chi connectivity index (χ2n) is 5.87. The van der Waals surface area contributed by atoms with Gasteiger partial charge in [-0.25, -0.2) is 0 Å². The third kappa shape index (κ3) is 5.71. The largest absolute Gasteiger partial charge is 0.381 e. The van der Waals surface area contributed by atoms with Gasteiger partial charge in [0.15, 0.2) is 0 Å². The first kappa shape index (κ1) is 16.0. The van der Waals surface area contributed by atoms with Crippen LogP contribution >= 0.6 is 0 Å². The highest BCUT2D eigenvalue weighted by Gasteiger charge is 2.29. The first-order valence-electron chi connectivity index (χ1n) is 8.10. The summed E-state index contributed by atoms with van der Waals surface area (Å²) in [5.41, 5.74) is 0. The molecule has 1 fully saturated rings. The summed E-state index contributed by atoms with van der Waals surface area (Å²) in [6.45, 7) is 10.9. The number of rotatable bonds is 9. The molecule has 1 rings (SSSR count). The molecule has 0 bridgehead atoms. The smallest absolute Gasteiger partial charge is 0.0497 e. The summed E-state index contributed by atoms with van der Waals surface area (Å²) in [4.78, 5) is 0. The Bertz CT molecular complexity index is 196. The van der Waals surface area contributed by atoms with Crippen molar-refractivity contribution in [2.75, 3.05) is 26.3 Å². The highest BCUT2D eigenvalue weighted by atomic mass is 16.5. The van der Waals surface area contributed by atoms with Gasteiger partial charge in [0.05, 0.1) is 0 Å². The lowest BCUT2D eigenvalue weighted by Crippen LogP contribution is -2.35. The van der Waals surface area contributed by atoms with E-state index in [4.69, 9.17) is 4.74 Å². The molecule has 108 valence electrons. The summed E-state index contributed by atoms with van der Waals surface area (Å²) in [5, 5.41) is 3.53. The van der Waals surface area contributed by atoms with Crippen molar-refractivity contribution in [1.29, 1.82) is 0 Å². The molecule has 0 saturated heterocycles. The molecule has 18 heavy (non-hydrogen) atoms. The van der Waals surface area contributed by atoms with E-state index in [1.165, 1.54) is 38.6 Å². The number of hydrogen-bond donors (Lipinski definition) is 1. The molecule has 2 nitrogen and oxygen atoms in total. The fourth-order valence-electron chi connectivity index (χ4n) is 3.28. The van der Waals surface area contributed by atoms with Gasteiger partial charge in [-0.2, -0.15) is 0 Å². The van der Waals surface area contributed by atoms with E-state index in [9.17, 15) is 0 Å². The highest BCUT2D eigenvalue weighted by Crippen LogP contribution is 2.36. The van der Waals surface area contributed by atoms with Gasteiger partial charge in [-0.15, -0.1) is 0 Å². The van der Waals surface area contributed by atoms with E-state index in [1.807, 2.05) is 0 Å². The molecule has 0 aromatic carbocycles. The second-order valence-corrected chi connectivity index (χ2v) is 5.87. The van der Waals surface area contributed by atoms with Gasteiger partial charge in [-0.3, -0.25) is 0 Å². The zero-order valence-electron chi connectivity index (χ0n) is 12.7. The molecular weight excluding hydrogens is 222 g/mol. The van der Waals surface area contributed by atoms with Gasteiger partial charge in [0.2, 0.25) is 0 Å². The van der Waals surface area contributed by atoms with Crippen LogP contribution in [0, 0.1) is 17.8 Å². The molecule has 0 radical (unpaired) electrons. The van der Waals surface area contributed by atoms with Gasteiger partial charge in [-0.05, 0) is 50.1 Å². The standard InChI is InChI=1S/C16H33NO/c1-4-7-14-8-9-15(12-17-6-3)16(11-14)13-18-10-5-2/h14-17H,4-13H2,1-3H3. The van der Waals surface area contributed by atoms with Crippen LogP contribution in [0.2, 0.25) is 0 Å². The minimum atomic E-state index is 0.792. The molecule has 1 N–H and O–H groups in total. The van der Waals surface area contributed by atoms with E-state index < -0.39 is 0 Å². The summed E-state index contributed by atoms with van der Waals surface area (Å²) >= 11 is 0. The average molecular weight is 255 g/mol. The van der Waals surface area contributed by atoms with Crippen LogP contribution in [0.15, 0.2) is 0 Å². The van der Waals surface area contributed by atoms with Crippen molar-refractivity contribution < 1.29 is 4.74 Å². The maximum Gasteiger partial charge on any atom is 0.0497 e. The van der Waals surface area contributed by atoms with E-state index in [2.05, 4.69) is 26.1 Å². The minimum Gasteiger partial charge on any atom is -0.381 e. The van der Waals surface area contributed by atoms with E-state index in [0.29, 0.717) is 0 Å². The maximum atomic E-state index is 5.83. The predicted octanol–water partition coefficient (Wildman–Crippen LogP) is 3.86. The molecule has 2 heteroatoms. The van der Waals surface area contributed by atoms with E-state index in [0.717, 1.165) is 43.9 Å². The van der Waals surface area contributed by atoms with Crippen LogP contribution in [0.3, 0.4) is 0 Å². The minimum absolute atomic E-state index is 0.792. The van der Waals surface area contributed by atoms with Gasteiger partial charge in [0.25, 0.3) is 0 Å². The Labute approximate surface area is 114 Å². The van der Waals surface area contributed by atoms with Gasteiger partial charge < -0.3 is 10.1 Å². The fraction of sp³-hybridized carbons (Fsp3) is 1.00. The average Bonchev–Trinajstić information content (AvgIpc) is 2.38. The monoisotopic (exact) mass is 255 g/mol. The second kappa shape index (κ2) is 9.80. The lowest BCUT2D eigenvalue weighted by Gasteiger charge is -2.36. The third-order valence-electron chi connectivity index (χ3n) is 4.28. The lowest BCUT2D eigenvalue weighted by molar-refractivity contribution is 0.0436. The Morgan fingerprint density at radius 3 is 2.56 bits per heavy atom. The van der Waals surface area contributed by atoms with E-state index in [-0.39, 0.29) is 0 Å². The molecule has 3 unspecified atom stereocenters. The van der Waals surface area contributed by atoms with E-state index in [1.54, 1.807) is 0 Å². The normalized spacial score (nSPS) is 28.5. The predicted molar refractivity (Wildman–Crippen MR) is 78.9 cm³/mol. The molecule has 1 aliphatic rings. The van der Waals surface area contributed by atoms with Gasteiger partial charge in [0.1, 0.15) is 0 Å². The number of nitrogens with one attached hydrogen (secondary N) is 1. The van der Waals surface area contributed by atoms with Crippen LogP contribution in [-0.2, 0) is 4.74 Å². The molecule has 0 heterocycles. The number of ether oxygens (including phenoxy) is 1. The molecule has 0 amide bonds. The van der Waals surface area contributed by atoms with Crippen LogP contribution in [0.1, 0.15) is 59.3 Å². The molecule has 1 aliphatic carbocycles. The van der Waals surface area contributed by atoms with Crippen LogP contribution in [0.4, 0.5) is 0 Å². The van der Waals surface area contributed by atoms with E-state index >= 15 is 0 Å². The fourth-order valence-corrected chi connectivity index (χ4v) is 3.28. The summed E-state index contributed by atoms with van der Waals surface area (Å²) in [6, 6.07) is 0. The zero-order chi connectivity index (χ0) is 13.2. The molecule has 1 saturated carbocycles. The van der Waals surface area contributed by atoms with Gasteiger partial charge in [-0.1, -0.05) is 40.0 Å².